The minimum absolute atomic E-state index is 0.573. The largest absolute Gasteiger partial charge is 0.327 e. The molecule has 0 bridgehead atoms. The topological polar surface area (TPSA) is 26.0 Å². The van der Waals surface area contributed by atoms with Crippen molar-refractivity contribution in [3.05, 3.63) is 53.1 Å². The lowest BCUT2D eigenvalue weighted by atomic mass is 10.0. The van der Waals surface area contributed by atoms with E-state index in [-0.39, 0.29) is 0 Å². The van der Waals surface area contributed by atoms with Crippen molar-refractivity contribution in [2.75, 3.05) is 6.54 Å². The first kappa shape index (κ1) is 11.0. The Hall–Kier alpha value is -1.05. The van der Waals surface area contributed by atoms with Crippen molar-refractivity contribution in [1.82, 2.24) is 0 Å². The quantitative estimate of drug-likeness (QED) is 0.755. The van der Waals surface area contributed by atoms with E-state index in [9.17, 15) is 0 Å². The molecule has 0 amide bonds. The molecule has 0 aliphatic rings. The predicted octanol–water partition coefficient (Wildman–Crippen LogP) is 3.04. The molecule has 0 aliphatic heterocycles. The fourth-order valence-electron chi connectivity index (χ4n) is 1.26. The summed E-state index contributed by atoms with van der Waals surface area (Å²) < 4.78 is 0. The van der Waals surface area contributed by atoms with Crippen LogP contribution in [-0.4, -0.2) is 6.54 Å². The molecular weight excluding hydrogens is 194 g/mol. The van der Waals surface area contributed by atoms with Crippen molar-refractivity contribution < 1.29 is 0 Å². The molecule has 0 radical (unpaired) electrons. The van der Waals surface area contributed by atoms with Crippen molar-refractivity contribution >= 4 is 17.7 Å². The molecule has 1 aromatic rings. The number of benzene rings is 1. The van der Waals surface area contributed by atoms with Crippen LogP contribution in [0.5, 0.6) is 0 Å². The Morgan fingerprint density at radius 3 is 2.79 bits per heavy atom. The molecule has 1 rings (SSSR count). The third-order valence-corrected chi connectivity index (χ3v) is 2.20. The van der Waals surface area contributed by atoms with Crippen LogP contribution in [0.2, 0.25) is 5.02 Å². The minimum atomic E-state index is 0.573. The Balaban J connectivity index is 2.87. The second kappa shape index (κ2) is 5.63. The molecular formula is C12H14ClN. The second-order valence-electron chi connectivity index (χ2n) is 2.96. The average molecular weight is 208 g/mol. The van der Waals surface area contributed by atoms with Gasteiger partial charge in [0.2, 0.25) is 0 Å². The number of halogens is 1. The fraction of sp³-hybridized carbons (Fsp3) is 0.167. The van der Waals surface area contributed by atoms with Crippen LogP contribution < -0.4 is 5.73 Å². The molecule has 0 aromatic heterocycles. The van der Waals surface area contributed by atoms with Crippen LogP contribution in [0.25, 0.3) is 6.08 Å². The van der Waals surface area contributed by atoms with Crippen molar-refractivity contribution in [2.45, 2.75) is 6.42 Å². The van der Waals surface area contributed by atoms with Gasteiger partial charge in [-0.2, -0.15) is 0 Å². The summed E-state index contributed by atoms with van der Waals surface area (Å²) in [5.74, 6) is 0. The summed E-state index contributed by atoms with van der Waals surface area (Å²) in [4.78, 5) is 0. The lowest BCUT2D eigenvalue weighted by Gasteiger charge is -2.03. The van der Waals surface area contributed by atoms with Gasteiger partial charge >= 0.3 is 0 Å². The van der Waals surface area contributed by atoms with Crippen LogP contribution >= 0.6 is 11.6 Å². The Morgan fingerprint density at radius 1 is 1.36 bits per heavy atom. The van der Waals surface area contributed by atoms with Gasteiger partial charge in [0.1, 0.15) is 0 Å². The zero-order valence-corrected chi connectivity index (χ0v) is 8.80. The number of hydrogen-bond donors (Lipinski definition) is 1. The van der Waals surface area contributed by atoms with Gasteiger partial charge in [-0.15, -0.1) is 0 Å². The lowest BCUT2D eigenvalue weighted by Crippen LogP contribution is -1.93. The van der Waals surface area contributed by atoms with E-state index in [4.69, 9.17) is 17.3 Å². The van der Waals surface area contributed by atoms with E-state index < -0.39 is 0 Å². The van der Waals surface area contributed by atoms with Gasteiger partial charge in [-0.05, 0) is 29.7 Å². The highest BCUT2D eigenvalue weighted by Crippen LogP contribution is 2.17. The summed E-state index contributed by atoms with van der Waals surface area (Å²) in [6, 6.07) is 5.80. The summed E-state index contributed by atoms with van der Waals surface area (Å²) in [6.07, 6.45) is 6.66. The van der Waals surface area contributed by atoms with Crippen molar-refractivity contribution in [1.29, 1.82) is 0 Å². The van der Waals surface area contributed by atoms with Gasteiger partial charge in [0, 0.05) is 11.6 Å². The highest BCUT2D eigenvalue weighted by Gasteiger charge is 1.98. The number of rotatable bonds is 4. The smallest absolute Gasteiger partial charge is 0.0409 e. The van der Waals surface area contributed by atoms with Gasteiger partial charge in [0.15, 0.2) is 0 Å². The summed E-state index contributed by atoms with van der Waals surface area (Å²) in [6.45, 7) is 4.33. The van der Waals surface area contributed by atoms with Crippen LogP contribution in [0.3, 0.4) is 0 Å². The summed E-state index contributed by atoms with van der Waals surface area (Å²) in [5.41, 5.74) is 7.66. The molecule has 1 aromatic carbocycles. The lowest BCUT2D eigenvalue weighted by molar-refractivity contribution is 1.20. The zero-order valence-electron chi connectivity index (χ0n) is 8.04. The highest BCUT2D eigenvalue weighted by molar-refractivity contribution is 6.30. The molecule has 1 nitrogen and oxygen atoms in total. The molecule has 0 atom stereocenters. The van der Waals surface area contributed by atoms with E-state index in [1.54, 1.807) is 0 Å². The Labute approximate surface area is 89.9 Å². The minimum Gasteiger partial charge on any atom is -0.327 e. The molecule has 2 N–H and O–H groups in total. The van der Waals surface area contributed by atoms with Crippen LogP contribution in [0.4, 0.5) is 0 Å². The van der Waals surface area contributed by atoms with E-state index >= 15 is 0 Å². The standard InChI is InChI=1S/C12H14ClN/c1-2-10-6-7-12(13)9-11(10)5-3-4-8-14/h2-4,6-7,9H,1,5,8,14H2. The third-order valence-electron chi connectivity index (χ3n) is 1.97. The summed E-state index contributed by atoms with van der Waals surface area (Å²) in [5, 5.41) is 0.756. The highest BCUT2D eigenvalue weighted by atomic mass is 35.5. The molecule has 0 spiro atoms. The molecule has 0 saturated carbocycles. The summed E-state index contributed by atoms with van der Waals surface area (Å²) in [7, 11) is 0. The molecule has 0 saturated heterocycles. The molecule has 0 fully saturated rings. The second-order valence-corrected chi connectivity index (χ2v) is 3.39. The first-order chi connectivity index (χ1) is 6.77. The van der Waals surface area contributed by atoms with Crippen molar-refractivity contribution in [3.63, 3.8) is 0 Å². The maximum Gasteiger partial charge on any atom is 0.0409 e. The van der Waals surface area contributed by atoms with Crippen LogP contribution in [0, 0.1) is 0 Å². The van der Waals surface area contributed by atoms with Gasteiger partial charge in [-0.1, -0.05) is 42.5 Å². The van der Waals surface area contributed by atoms with E-state index in [2.05, 4.69) is 6.58 Å². The molecule has 14 heavy (non-hydrogen) atoms. The maximum absolute atomic E-state index is 5.90. The van der Waals surface area contributed by atoms with Crippen LogP contribution in [0.1, 0.15) is 11.1 Å². The number of nitrogens with two attached hydrogens (primary N) is 1. The molecule has 0 heterocycles. The van der Waals surface area contributed by atoms with Gasteiger partial charge in [-0.3, -0.25) is 0 Å². The van der Waals surface area contributed by atoms with Crippen LogP contribution in [-0.2, 0) is 6.42 Å². The van der Waals surface area contributed by atoms with Crippen molar-refractivity contribution in [2.24, 2.45) is 5.73 Å². The van der Waals surface area contributed by atoms with Gasteiger partial charge < -0.3 is 5.73 Å². The number of allylic oxidation sites excluding steroid dienone is 1. The Kier molecular flexibility index (Phi) is 4.44. The van der Waals surface area contributed by atoms with Crippen LogP contribution in [0.15, 0.2) is 36.9 Å². The van der Waals surface area contributed by atoms with Gasteiger partial charge in [0.25, 0.3) is 0 Å². The van der Waals surface area contributed by atoms with Crippen molar-refractivity contribution in [3.8, 4) is 0 Å². The Bertz CT molecular complexity index is 342. The third kappa shape index (κ3) is 3.02. The van der Waals surface area contributed by atoms with Gasteiger partial charge in [-0.25, -0.2) is 0 Å². The van der Waals surface area contributed by atoms with E-state index in [0.717, 1.165) is 17.0 Å². The maximum atomic E-state index is 5.90. The SMILES string of the molecule is C=Cc1ccc(Cl)cc1CC=CCN. The first-order valence-corrected chi connectivity index (χ1v) is 4.91. The Morgan fingerprint density at radius 2 is 2.14 bits per heavy atom. The molecule has 74 valence electrons. The molecule has 0 aliphatic carbocycles. The first-order valence-electron chi connectivity index (χ1n) is 4.54. The molecule has 0 unspecified atom stereocenters. The molecule has 2 heteroatoms. The monoisotopic (exact) mass is 207 g/mol. The average Bonchev–Trinajstić information content (AvgIpc) is 2.19. The zero-order chi connectivity index (χ0) is 10.4. The predicted molar refractivity (Wildman–Crippen MR) is 63.4 cm³/mol. The van der Waals surface area contributed by atoms with Gasteiger partial charge in [0.05, 0.1) is 0 Å². The van der Waals surface area contributed by atoms with E-state index in [1.807, 2.05) is 36.4 Å². The number of hydrogen-bond acceptors (Lipinski definition) is 1. The summed E-state index contributed by atoms with van der Waals surface area (Å²) >= 11 is 5.90. The van der Waals surface area contributed by atoms with E-state index in [1.165, 1.54) is 5.56 Å². The normalized spacial score (nSPS) is 10.7. The van der Waals surface area contributed by atoms with E-state index in [0.29, 0.717) is 6.54 Å². The fourth-order valence-corrected chi connectivity index (χ4v) is 1.45.